The Bertz CT molecular complexity index is 855. The van der Waals surface area contributed by atoms with Crippen molar-refractivity contribution < 1.29 is 4.39 Å². The second kappa shape index (κ2) is 7.88. The van der Waals surface area contributed by atoms with E-state index in [2.05, 4.69) is 25.2 Å². The van der Waals surface area contributed by atoms with Crippen molar-refractivity contribution in [2.24, 2.45) is 17.8 Å². The highest BCUT2D eigenvalue weighted by Crippen LogP contribution is 2.50. The Kier molecular flexibility index (Phi) is 5.10. The predicted molar refractivity (Wildman–Crippen MR) is 112 cm³/mol. The maximum absolute atomic E-state index is 15.3. The topological polar surface area (TPSA) is 53.9 Å². The molecule has 2 aromatic rings. The summed E-state index contributed by atoms with van der Waals surface area (Å²) < 4.78 is 15.3. The number of nitrogens with one attached hydrogen (secondary N) is 1. The average Bonchev–Trinajstić information content (AvgIpc) is 3.46. The summed E-state index contributed by atoms with van der Waals surface area (Å²) in [5.41, 5.74) is 1.98. The van der Waals surface area contributed by atoms with E-state index in [-0.39, 0.29) is 11.6 Å². The molecule has 0 spiro atoms. The molecule has 2 aliphatic carbocycles. The second-order valence-corrected chi connectivity index (χ2v) is 9.18. The molecule has 29 heavy (non-hydrogen) atoms. The van der Waals surface area contributed by atoms with Gasteiger partial charge in [-0.25, -0.2) is 9.97 Å². The fourth-order valence-corrected chi connectivity index (χ4v) is 5.85. The summed E-state index contributed by atoms with van der Waals surface area (Å²) in [6.45, 7) is 3.34. The first-order valence-corrected chi connectivity index (χ1v) is 11.1. The van der Waals surface area contributed by atoms with Crippen molar-refractivity contribution in [2.75, 3.05) is 16.8 Å². The van der Waals surface area contributed by atoms with Crippen LogP contribution in [-0.2, 0) is 6.54 Å². The van der Waals surface area contributed by atoms with E-state index in [0.717, 1.165) is 48.4 Å². The molecular formula is C23H30FN5. The number of halogens is 1. The van der Waals surface area contributed by atoms with Gasteiger partial charge in [0.15, 0.2) is 11.6 Å². The molecular weight excluding hydrogens is 365 g/mol. The van der Waals surface area contributed by atoms with Gasteiger partial charge in [-0.1, -0.05) is 12.5 Å². The number of aryl methyl sites for hydroxylation is 1. The van der Waals surface area contributed by atoms with Gasteiger partial charge in [0.25, 0.3) is 0 Å². The lowest BCUT2D eigenvalue weighted by Crippen LogP contribution is -2.33. The van der Waals surface area contributed by atoms with Crippen LogP contribution in [0.3, 0.4) is 0 Å². The molecule has 6 heteroatoms. The summed E-state index contributed by atoms with van der Waals surface area (Å²) >= 11 is 0. The third-order valence-electron chi connectivity index (χ3n) is 7.31. The molecule has 1 saturated heterocycles. The fraction of sp³-hybridized carbons (Fsp3) is 0.609. The Labute approximate surface area is 172 Å². The third kappa shape index (κ3) is 3.81. The van der Waals surface area contributed by atoms with E-state index in [0.29, 0.717) is 18.4 Å². The molecule has 3 fully saturated rings. The minimum atomic E-state index is -0.326. The number of pyridine rings is 1. The largest absolute Gasteiger partial charge is 0.363 e. The van der Waals surface area contributed by atoms with E-state index in [1.54, 1.807) is 0 Å². The normalized spacial score (nSPS) is 28.3. The zero-order chi connectivity index (χ0) is 19.8. The zero-order valence-electron chi connectivity index (χ0n) is 17.1. The highest BCUT2D eigenvalue weighted by atomic mass is 19.1. The molecule has 4 atom stereocenters. The van der Waals surface area contributed by atoms with E-state index in [1.807, 2.05) is 25.3 Å². The van der Waals surface area contributed by atoms with Crippen LogP contribution in [0.2, 0.25) is 0 Å². The molecule has 154 valence electrons. The Balaban J connectivity index is 1.28. The summed E-state index contributed by atoms with van der Waals surface area (Å²) in [7, 11) is 0. The molecule has 4 unspecified atom stereocenters. The molecule has 0 radical (unpaired) electrons. The Morgan fingerprint density at radius 3 is 2.83 bits per heavy atom. The lowest BCUT2D eigenvalue weighted by atomic mass is 9.84. The van der Waals surface area contributed by atoms with Crippen molar-refractivity contribution in [3.8, 4) is 0 Å². The molecule has 1 aliphatic heterocycles. The third-order valence-corrected chi connectivity index (χ3v) is 7.31. The van der Waals surface area contributed by atoms with Gasteiger partial charge in [0.05, 0.1) is 0 Å². The second-order valence-electron chi connectivity index (χ2n) is 9.18. The average molecular weight is 396 g/mol. The SMILES string of the molecule is Cc1ccc(CNc2ncnc(N3CCCC3CC3CC4CCC3C4)c2F)cn1. The van der Waals surface area contributed by atoms with Crippen LogP contribution < -0.4 is 10.2 Å². The van der Waals surface area contributed by atoms with E-state index < -0.39 is 0 Å². The molecule has 5 rings (SSSR count). The highest BCUT2D eigenvalue weighted by Gasteiger charge is 2.42. The van der Waals surface area contributed by atoms with Gasteiger partial charge in [-0.2, -0.15) is 4.39 Å². The number of aromatic nitrogens is 3. The molecule has 2 aromatic heterocycles. The van der Waals surface area contributed by atoms with Crippen LogP contribution in [0.4, 0.5) is 16.0 Å². The maximum Gasteiger partial charge on any atom is 0.207 e. The Morgan fingerprint density at radius 1 is 1.14 bits per heavy atom. The van der Waals surface area contributed by atoms with E-state index in [1.165, 1.54) is 38.4 Å². The molecule has 0 aromatic carbocycles. The number of fused-ring (bicyclic) bond motifs is 2. The van der Waals surface area contributed by atoms with Gasteiger partial charge in [0.1, 0.15) is 6.33 Å². The number of rotatable bonds is 6. The molecule has 3 aliphatic rings. The van der Waals surface area contributed by atoms with Gasteiger partial charge in [0, 0.05) is 31.0 Å². The number of anilines is 2. The van der Waals surface area contributed by atoms with Crippen LogP contribution in [0, 0.1) is 30.5 Å². The van der Waals surface area contributed by atoms with Crippen LogP contribution in [0.5, 0.6) is 0 Å². The van der Waals surface area contributed by atoms with E-state index in [4.69, 9.17) is 0 Å². The summed E-state index contributed by atoms with van der Waals surface area (Å²) in [6.07, 6.45) is 12.4. The number of hydrogen-bond acceptors (Lipinski definition) is 5. The fourth-order valence-electron chi connectivity index (χ4n) is 5.85. The van der Waals surface area contributed by atoms with Crippen molar-refractivity contribution in [2.45, 2.75) is 64.5 Å². The Morgan fingerprint density at radius 2 is 2.07 bits per heavy atom. The van der Waals surface area contributed by atoms with Gasteiger partial charge in [0.2, 0.25) is 5.82 Å². The smallest absolute Gasteiger partial charge is 0.207 e. The molecule has 2 saturated carbocycles. The highest BCUT2D eigenvalue weighted by molar-refractivity contribution is 5.52. The minimum absolute atomic E-state index is 0.279. The summed E-state index contributed by atoms with van der Waals surface area (Å²) in [5.74, 6) is 3.13. The zero-order valence-corrected chi connectivity index (χ0v) is 17.1. The van der Waals surface area contributed by atoms with Crippen molar-refractivity contribution in [1.82, 2.24) is 15.0 Å². The number of nitrogens with zero attached hydrogens (tertiary/aromatic N) is 4. The predicted octanol–water partition coefficient (Wildman–Crippen LogP) is 4.73. The van der Waals surface area contributed by atoms with Crippen molar-refractivity contribution in [3.05, 3.63) is 41.7 Å². The van der Waals surface area contributed by atoms with E-state index >= 15 is 4.39 Å². The summed E-state index contributed by atoms with van der Waals surface area (Å²) in [5, 5.41) is 3.13. The first-order chi connectivity index (χ1) is 14.2. The lowest BCUT2D eigenvalue weighted by Gasteiger charge is -2.31. The molecule has 1 N–H and O–H groups in total. The van der Waals surface area contributed by atoms with Crippen LogP contribution in [0.25, 0.3) is 0 Å². The van der Waals surface area contributed by atoms with Crippen molar-refractivity contribution in [3.63, 3.8) is 0 Å². The van der Waals surface area contributed by atoms with Crippen LogP contribution in [0.15, 0.2) is 24.7 Å². The van der Waals surface area contributed by atoms with Gasteiger partial charge >= 0.3 is 0 Å². The quantitative estimate of drug-likeness (QED) is 0.767. The Hall–Kier alpha value is -2.24. The van der Waals surface area contributed by atoms with Crippen LogP contribution in [-0.4, -0.2) is 27.5 Å². The first kappa shape index (κ1) is 18.8. The molecule has 3 heterocycles. The first-order valence-electron chi connectivity index (χ1n) is 11.1. The molecule has 0 amide bonds. The standard InChI is InChI=1S/C23H30FN5/c1-15-4-5-17(12-25-15)13-26-22-21(24)23(28-14-27-22)29-8-2-3-20(29)11-19-10-16-6-7-18(19)9-16/h4-5,12,14,16,18-20H,2-3,6-11,13H2,1H3,(H,26,27,28). The van der Waals surface area contributed by atoms with Gasteiger partial charge in [-0.05, 0) is 74.8 Å². The van der Waals surface area contributed by atoms with Gasteiger partial charge in [-0.3, -0.25) is 4.98 Å². The van der Waals surface area contributed by atoms with Crippen molar-refractivity contribution >= 4 is 11.6 Å². The van der Waals surface area contributed by atoms with Crippen LogP contribution in [0.1, 0.15) is 56.2 Å². The van der Waals surface area contributed by atoms with E-state index in [9.17, 15) is 0 Å². The molecule has 5 nitrogen and oxygen atoms in total. The minimum Gasteiger partial charge on any atom is -0.363 e. The van der Waals surface area contributed by atoms with Crippen LogP contribution >= 0.6 is 0 Å². The van der Waals surface area contributed by atoms with Crippen molar-refractivity contribution in [1.29, 1.82) is 0 Å². The summed E-state index contributed by atoms with van der Waals surface area (Å²) in [6, 6.07) is 4.38. The number of hydrogen-bond donors (Lipinski definition) is 1. The summed E-state index contributed by atoms with van der Waals surface area (Å²) in [4.78, 5) is 15.0. The van der Waals surface area contributed by atoms with Gasteiger partial charge < -0.3 is 10.2 Å². The maximum atomic E-state index is 15.3. The lowest BCUT2D eigenvalue weighted by molar-refractivity contribution is 0.294. The molecule has 2 bridgehead atoms. The van der Waals surface area contributed by atoms with Gasteiger partial charge in [-0.15, -0.1) is 0 Å². The monoisotopic (exact) mass is 395 g/mol.